The van der Waals surface area contributed by atoms with Crippen LogP contribution in [-0.2, 0) is 4.79 Å². The molecule has 2 N–H and O–H groups in total. The number of aromatic nitrogens is 2. The van der Waals surface area contributed by atoms with Crippen LogP contribution in [0.1, 0.15) is 30.0 Å². The lowest BCUT2D eigenvalue weighted by Crippen LogP contribution is -2.19. The average molecular weight is 328 g/mol. The number of benzene rings is 1. The van der Waals surface area contributed by atoms with Crippen molar-refractivity contribution in [3.63, 3.8) is 0 Å². The Kier molecular flexibility index (Phi) is 4.00. The van der Waals surface area contributed by atoms with E-state index in [2.05, 4.69) is 9.97 Å². The molecular weight excluding hydrogens is 312 g/mol. The molecule has 1 aromatic carbocycles. The molecule has 2 aromatic heterocycles. The number of aromatic amines is 1. The molecule has 6 heteroatoms. The van der Waals surface area contributed by atoms with E-state index < -0.39 is 11.9 Å². The first-order chi connectivity index (χ1) is 11.0. The number of carboxylic acids is 1. The zero-order valence-corrected chi connectivity index (χ0v) is 13.6. The van der Waals surface area contributed by atoms with Crippen LogP contribution >= 0.6 is 11.3 Å². The van der Waals surface area contributed by atoms with Gasteiger partial charge in [0.15, 0.2) is 0 Å². The quantitative estimate of drug-likeness (QED) is 0.767. The number of fused-ring (bicyclic) bond motifs is 1. The predicted molar refractivity (Wildman–Crippen MR) is 91.1 cm³/mol. The number of carboxylic acid groups (broad SMARTS) is 1. The zero-order chi connectivity index (χ0) is 16.6. The normalized spacial score (nSPS) is 12.4. The molecule has 0 saturated carbocycles. The maximum atomic E-state index is 12.6. The second kappa shape index (κ2) is 5.96. The summed E-state index contributed by atoms with van der Waals surface area (Å²) in [7, 11) is 0. The van der Waals surface area contributed by atoms with Crippen molar-refractivity contribution >= 4 is 27.5 Å². The molecule has 5 nitrogen and oxygen atoms in total. The number of thiophene rings is 1. The zero-order valence-electron chi connectivity index (χ0n) is 12.8. The number of nitrogens with zero attached hydrogens (tertiary/aromatic N) is 1. The number of hydrogen-bond acceptors (Lipinski definition) is 4. The van der Waals surface area contributed by atoms with Gasteiger partial charge in [0, 0.05) is 10.4 Å². The molecule has 0 saturated heterocycles. The van der Waals surface area contributed by atoms with E-state index >= 15 is 0 Å². The van der Waals surface area contributed by atoms with Crippen molar-refractivity contribution in [3.05, 3.63) is 51.4 Å². The molecule has 0 spiro atoms. The van der Waals surface area contributed by atoms with Crippen molar-refractivity contribution in [2.24, 2.45) is 0 Å². The molecule has 0 bridgehead atoms. The summed E-state index contributed by atoms with van der Waals surface area (Å²) >= 11 is 1.42. The van der Waals surface area contributed by atoms with Crippen LogP contribution in [0.15, 0.2) is 35.1 Å². The lowest BCUT2D eigenvalue weighted by molar-refractivity contribution is -0.139. The molecule has 0 aliphatic carbocycles. The third kappa shape index (κ3) is 2.66. The highest BCUT2D eigenvalue weighted by Crippen LogP contribution is 2.35. The molecular formula is C17H16N2O3S. The summed E-state index contributed by atoms with van der Waals surface area (Å²) in [5, 5.41) is 9.80. The number of rotatable bonds is 4. The Morgan fingerprint density at radius 1 is 1.35 bits per heavy atom. The van der Waals surface area contributed by atoms with Gasteiger partial charge >= 0.3 is 5.97 Å². The van der Waals surface area contributed by atoms with Gasteiger partial charge in [-0.2, -0.15) is 0 Å². The molecule has 0 aliphatic rings. The van der Waals surface area contributed by atoms with Crippen LogP contribution in [0.25, 0.3) is 21.3 Å². The van der Waals surface area contributed by atoms with Crippen LogP contribution in [-0.4, -0.2) is 21.0 Å². The van der Waals surface area contributed by atoms with Crippen LogP contribution < -0.4 is 5.56 Å². The van der Waals surface area contributed by atoms with E-state index in [4.69, 9.17) is 0 Å². The maximum Gasteiger partial charge on any atom is 0.314 e. The highest BCUT2D eigenvalue weighted by atomic mass is 32.1. The first-order valence-corrected chi connectivity index (χ1v) is 8.16. The van der Waals surface area contributed by atoms with Gasteiger partial charge in [-0.3, -0.25) is 9.59 Å². The minimum absolute atomic E-state index is 0.221. The number of carbonyl (C=O) groups is 1. The number of nitrogens with one attached hydrogen (secondary N) is 1. The highest BCUT2D eigenvalue weighted by Gasteiger charge is 2.23. The van der Waals surface area contributed by atoms with Crippen LogP contribution in [0.3, 0.4) is 0 Å². The van der Waals surface area contributed by atoms with Gasteiger partial charge in [0.2, 0.25) is 0 Å². The van der Waals surface area contributed by atoms with E-state index in [0.29, 0.717) is 16.6 Å². The summed E-state index contributed by atoms with van der Waals surface area (Å²) in [4.78, 5) is 32.5. The predicted octanol–water partition coefficient (Wildman–Crippen LogP) is 3.54. The molecule has 1 atom stereocenters. The monoisotopic (exact) mass is 328 g/mol. The van der Waals surface area contributed by atoms with Crippen molar-refractivity contribution in [3.8, 4) is 11.1 Å². The van der Waals surface area contributed by atoms with Gasteiger partial charge in [0.05, 0.1) is 5.39 Å². The van der Waals surface area contributed by atoms with E-state index in [9.17, 15) is 14.7 Å². The maximum absolute atomic E-state index is 12.6. The number of aliphatic carboxylic acids is 1. The van der Waals surface area contributed by atoms with Crippen LogP contribution in [0.5, 0.6) is 0 Å². The van der Waals surface area contributed by atoms with Crippen molar-refractivity contribution in [2.45, 2.75) is 26.2 Å². The van der Waals surface area contributed by atoms with E-state index in [1.165, 1.54) is 11.3 Å². The Morgan fingerprint density at radius 3 is 2.65 bits per heavy atom. The van der Waals surface area contributed by atoms with Crippen LogP contribution in [0.2, 0.25) is 0 Å². The Labute approximate surface area is 136 Å². The Balaban J connectivity index is 2.26. The van der Waals surface area contributed by atoms with Crippen molar-refractivity contribution < 1.29 is 9.90 Å². The molecule has 1 unspecified atom stereocenters. The second-order valence-corrected chi connectivity index (χ2v) is 6.53. The summed E-state index contributed by atoms with van der Waals surface area (Å²) in [5.41, 5.74) is 1.55. The summed E-state index contributed by atoms with van der Waals surface area (Å²) in [6.07, 6.45) is 0.375. The summed E-state index contributed by atoms with van der Waals surface area (Å²) in [6.45, 7) is 3.71. The molecule has 3 aromatic rings. The summed E-state index contributed by atoms with van der Waals surface area (Å²) in [6, 6.07) is 9.67. The number of H-pyrrole nitrogens is 1. The second-order valence-electron chi connectivity index (χ2n) is 5.33. The van der Waals surface area contributed by atoms with Gasteiger partial charge < -0.3 is 10.1 Å². The van der Waals surface area contributed by atoms with Crippen LogP contribution in [0.4, 0.5) is 0 Å². The number of aryl methyl sites for hydroxylation is 1. The minimum Gasteiger partial charge on any atom is -0.481 e. The molecule has 118 valence electrons. The fraction of sp³-hybridized carbons (Fsp3) is 0.235. The van der Waals surface area contributed by atoms with Crippen molar-refractivity contribution in [2.75, 3.05) is 0 Å². The van der Waals surface area contributed by atoms with Gasteiger partial charge in [0.1, 0.15) is 16.6 Å². The molecule has 0 amide bonds. The topological polar surface area (TPSA) is 83.0 Å². The molecule has 23 heavy (non-hydrogen) atoms. The van der Waals surface area contributed by atoms with Gasteiger partial charge in [-0.15, -0.1) is 11.3 Å². The van der Waals surface area contributed by atoms with Gasteiger partial charge in [-0.25, -0.2) is 4.98 Å². The van der Waals surface area contributed by atoms with Crippen LogP contribution in [0, 0.1) is 6.92 Å². The van der Waals surface area contributed by atoms with Gasteiger partial charge in [0.25, 0.3) is 5.56 Å². The first-order valence-electron chi connectivity index (χ1n) is 7.34. The Hall–Kier alpha value is -2.47. The Morgan fingerprint density at radius 2 is 2.04 bits per heavy atom. The molecule has 0 fully saturated rings. The average Bonchev–Trinajstić information content (AvgIpc) is 2.85. The molecule has 0 radical (unpaired) electrons. The molecule has 3 rings (SSSR count). The van der Waals surface area contributed by atoms with E-state index in [1.54, 1.807) is 6.92 Å². The summed E-state index contributed by atoms with van der Waals surface area (Å²) in [5.74, 6) is -1.56. The standard InChI is InChI=1S/C17H16N2O3S/c1-3-11(17(21)22)14-18-15(20)13-12(9(2)23-16(13)19-14)10-7-5-4-6-8-10/h4-8,11H,3H2,1-2H3,(H,21,22)(H,18,19,20). The van der Waals surface area contributed by atoms with Gasteiger partial charge in [-0.05, 0) is 18.9 Å². The molecule has 0 aliphatic heterocycles. The van der Waals surface area contributed by atoms with Gasteiger partial charge in [-0.1, -0.05) is 37.3 Å². The lowest BCUT2D eigenvalue weighted by atomic mass is 10.0. The number of hydrogen-bond donors (Lipinski definition) is 2. The largest absolute Gasteiger partial charge is 0.481 e. The minimum atomic E-state index is -0.980. The fourth-order valence-electron chi connectivity index (χ4n) is 2.74. The molecule has 2 heterocycles. The summed E-state index contributed by atoms with van der Waals surface area (Å²) < 4.78 is 0. The third-order valence-electron chi connectivity index (χ3n) is 3.86. The fourth-order valence-corrected chi connectivity index (χ4v) is 3.79. The SMILES string of the molecule is CCC(C(=O)O)c1nc2sc(C)c(-c3ccccc3)c2c(=O)[nH]1. The smallest absolute Gasteiger partial charge is 0.314 e. The lowest BCUT2D eigenvalue weighted by Gasteiger charge is -2.08. The van der Waals surface area contributed by atoms with E-state index in [-0.39, 0.29) is 11.4 Å². The first kappa shape index (κ1) is 15.4. The van der Waals surface area contributed by atoms with Crippen molar-refractivity contribution in [1.29, 1.82) is 0 Å². The van der Waals surface area contributed by atoms with E-state index in [1.807, 2.05) is 37.3 Å². The highest BCUT2D eigenvalue weighted by molar-refractivity contribution is 7.19. The van der Waals surface area contributed by atoms with Crippen molar-refractivity contribution in [1.82, 2.24) is 9.97 Å². The Bertz CT molecular complexity index is 928. The third-order valence-corrected chi connectivity index (χ3v) is 4.85. The van der Waals surface area contributed by atoms with E-state index in [0.717, 1.165) is 16.0 Å².